The molecule has 2 aliphatic heterocycles. The molecule has 7 heteroatoms. The van der Waals surface area contributed by atoms with Crippen molar-refractivity contribution in [3.05, 3.63) is 39.6 Å². The van der Waals surface area contributed by atoms with Gasteiger partial charge in [-0.15, -0.1) is 0 Å². The summed E-state index contributed by atoms with van der Waals surface area (Å²) in [6.45, 7) is 16.7. The van der Waals surface area contributed by atoms with Crippen LogP contribution in [0.4, 0.5) is 4.79 Å². The minimum atomic E-state index is -0.467. The molecule has 1 amide bonds. The first-order chi connectivity index (χ1) is 16.2. The van der Waals surface area contributed by atoms with Crippen molar-refractivity contribution in [3.63, 3.8) is 0 Å². The molecule has 0 radical (unpaired) electrons. The molecule has 194 valence electrons. The van der Waals surface area contributed by atoms with Gasteiger partial charge in [0.25, 0.3) is 0 Å². The number of hydrogen-bond acceptors (Lipinski definition) is 5. The van der Waals surface area contributed by atoms with Crippen molar-refractivity contribution in [2.45, 2.75) is 77.7 Å². The SMILES string of the molecule is COC(=C=O)C[C@H](CN1CC2(CCN(C(=O)OC(C)(C)C)CC2)C1)c1cc(Br)cc(C(C)(C)C)c1. The number of nitrogens with zero attached hydrogens (tertiary/aromatic N) is 2. The maximum Gasteiger partial charge on any atom is 0.410 e. The summed E-state index contributed by atoms with van der Waals surface area (Å²) in [6.07, 6.45) is 2.31. The zero-order chi connectivity index (χ0) is 26.0. The van der Waals surface area contributed by atoms with Crippen molar-refractivity contribution in [2.24, 2.45) is 5.41 Å². The van der Waals surface area contributed by atoms with Crippen LogP contribution in [0.3, 0.4) is 0 Å². The molecular weight excluding hydrogens is 508 g/mol. The van der Waals surface area contributed by atoms with Crippen LogP contribution in [-0.2, 0) is 19.7 Å². The molecule has 1 atom stereocenters. The number of amides is 1. The summed E-state index contributed by atoms with van der Waals surface area (Å²) in [5.74, 6) is 2.46. The summed E-state index contributed by atoms with van der Waals surface area (Å²) < 4.78 is 11.9. The number of piperidine rings is 1. The molecular formula is C28H41BrN2O4. The number of hydrogen-bond donors (Lipinski definition) is 0. The molecule has 0 N–H and O–H groups in total. The van der Waals surface area contributed by atoms with Crippen LogP contribution in [-0.4, -0.2) is 67.3 Å². The van der Waals surface area contributed by atoms with Crippen LogP contribution in [0, 0.1) is 5.41 Å². The fraction of sp³-hybridized carbons (Fsp3) is 0.679. The molecule has 3 rings (SSSR count). The molecule has 0 aliphatic carbocycles. The Morgan fingerprint density at radius 1 is 1.11 bits per heavy atom. The first kappa shape index (κ1) is 27.8. The van der Waals surface area contributed by atoms with Crippen LogP contribution in [0.15, 0.2) is 28.4 Å². The maximum absolute atomic E-state index is 12.4. The van der Waals surface area contributed by atoms with E-state index >= 15 is 0 Å². The molecule has 6 nitrogen and oxygen atoms in total. The summed E-state index contributed by atoms with van der Waals surface area (Å²) >= 11 is 3.69. The minimum absolute atomic E-state index is 0.0244. The molecule has 0 bridgehead atoms. The van der Waals surface area contributed by atoms with E-state index in [0.29, 0.717) is 12.2 Å². The highest BCUT2D eigenvalue weighted by atomic mass is 79.9. The molecule has 0 saturated carbocycles. The lowest BCUT2D eigenvalue weighted by Crippen LogP contribution is -2.61. The van der Waals surface area contributed by atoms with Gasteiger partial charge in [0, 0.05) is 49.5 Å². The Bertz CT molecular complexity index is 956. The van der Waals surface area contributed by atoms with E-state index < -0.39 is 5.60 Å². The number of rotatable bonds is 6. The fourth-order valence-corrected chi connectivity index (χ4v) is 5.62. The van der Waals surface area contributed by atoms with Gasteiger partial charge in [-0.3, -0.25) is 0 Å². The summed E-state index contributed by atoms with van der Waals surface area (Å²) in [5.41, 5.74) is 2.29. The van der Waals surface area contributed by atoms with Crippen molar-refractivity contribution in [2.75, 3.05) is 39.8 Å². The van der Waals surface area contributed by atoms with Crippen LogP contribution >= 0.6 is 15.9 Å². The lowest BCUT2D eigenvalue weighted by atomic mass is 9.71. The molecule has 0 aromatic heterocycles. The van der Waals surface area contributed by atoms with E-state index in [4.69, 9.17) is 9.47 Å². The largest absolute Gasteiger partial charge is 0.490 e. The van der Waals surface area contributed by atoms with Crippen LogP contribution in [0.25, 0.3) is 0 Å². The van der Waals surface area contributed by atoms with Crippen molar-refractivity contribution in [3.8, 4) is 0 Å². The highest BCUT2D eigenvalue weighted by molar-refractivity contribution is 9.10. The van der Waals surface area contributed by atoms with Gasteiger partial charge in [-0.25, -0.2) is 9.59 Å². The third-order valence-corrected chi connectivity index (χ3v) is 7.58. The number of benzene rings is 1. The van der Waals surface area contributed by atoms with Gasteiger partial charge in [-0.1, -0.05) is 42.8 Å². The van der Waals surface area contributed by atoms with Gasteiger partial charge in [0.1, 0.15) is 5.60 Å². The number of halogens is 1. The lowest BCUT2D eigenvalue weighted by Gasteiger charge is -2.54. The van der Waals surface area contributed by atoms with E-state index in [2.05, 4.69) is 59.8 Å². The van der Waals surface area contributed by atoms with Crippen LogP contribution in [0.5, 0.6) is 0 Å². The summed E-state index contributed by atoms with van der Waals surface area (Å²) in [4.78, 5) is 28.2. The lowest BCUT2D eigenvalue weighted by molar-refractivity contribution is -0.0536. The Balaban J connectivity index is 1.67. The molecule has 2 saturated heterocycles. The molecule has 2 aliphatic rings. The Morgan fingerprint density at radius 3 is 2.26 bits per heavy atom. The van der Waals surface area contributed by atoms with E-state index in [0.717, 1.165) is 50.0 Å². The predicted octanol–water partition coefficient (Wildman–Crippen LogP) is 5.92. The second-order valence-electron chi connectivity index (χ2n) is 12.3. The van der Waals surface area contributed by atoms with Gasteiger partial charge in [0.05, 0.1) is 7.11 Å². The number of carbonyl (C=O) groups is 1. The highest BCUT2D eigenvalue weighted by Gasteiger charge is 2.46. The van der Waals surface area contributed by atoms with Crippen LogP contribution in [0.2, 0.25) is 0 Å². The Hall–Kier alpha value is -1.82. The predicted molar refractivity (Wildman–Crippen MR) is 142 cm³/mol. The second kappa shape index (κ2) is 10.7. The molecule has 0 unspecified atom stereocenters. The highest BCUT2D eigenvalue weighted by Crippen LogP contribution is 2.42. The standard InChI is InChI=1S/C28H41BrN2O4/c1-26(2,3)22-12-20(13-23(29)15-22)21(14-24(17-32)34-7)16-30-18-28(19-30)8-10-31(11-9-28)25(33)35-27(4,5)6/h12-13,15,21H,8-11,14,16,18-19H2,1-7H3/t21-/m1/s1. The van der Waals surface area contributed by atoms with Crippen LogP contribution < -0.4 is 0 Å². The van der Waals surface area contributed by atoms with Gasteiger partial charge in [-0.05, 0) is 67.7 Å². The van der Waals surface area contributed by atoms with Crippen LogP contribution in [0.1, 0.15) is 77.8 Å². The van der Waals surface area contributed by atoms with Gasteiger partial charge >= 0.3 is 6.09 Å². The van der Waals surface area contributed by atoms with E-state index in [1.165, 1.54) is 18.2 Å². The van der Waals surface area contributed by atoms with E-state index in [-0.39, 0.29) is 22.8 Å². The van der Waals surface area contributed by atoms with Gasteiger partial charge in [-0.2, -0.15) is 0 Å². The average Bonchev–Trinajstić information content (AvgIpc) is 2.73. The zero-order valence-corrected chi connectivity index (χ0v) is 24.0. The Kier molecular flexibility index (Phi) is 8.45. The number of likely N-dealkylation sites (tertiary alicyclic amines) is 2. The fourth-order valence-electron chi connectivity index (χ4n) is 5.11. The zero-order valence-electron chi connectivity index (χ0n) is 22.4. The Morgan fingerprint density at radius 2 is 1.74 bits per heavy atom. The summed E-state index contributed by atoms with van der Waals surface area (Å²) in [6, 6.07) is 6.60. The maximum atomic E-state index is 12.4. The average molecular weight is 550 g/mol. The normalized spacial score (nSPS) is 19.0. The van der Waals surface area contributed by atoms with E-state index in [1.54, 1.807) is 0 Å². The van der Waals surface area contributed by atoms with Gasteiger partial charge in [0.2, 0.25) is 0 Å². The third-order valence-electron chi connectivity index (χ3n) is 7.12. The van der Waals surface area contributed by atoms with Crippen molar-refractivity contribution in [1.82, 2.24) is 9.80 Å². The molecule has 35 heavy (non-hydrogen) atoms. The van der Waals surface area contributed by atoms with Gasteiger partial charge in [0.15, 0.2) is 11.7 Å². The quantitative estimate of drug-likeness (QED) is 0.326. The Labute approximate surface area is 219 Å². The second-order valence-corrected chi connectivity index (χ2v) is 13.2. The number of ether oxygens (including phenoxy) is 2. The minimum Gasteiger partial charge on any atom is -0.490 e. The molecule has 1 aromatic rings. The van der Waals surface area contributed by atoms with Crippen molar-refractivity contribution < 1.29 is 19.1 Å². The topological polar surface area (TPSA) is 59.1 Å². The first-order valence-electron chi connectivity index (χ1n) is 12.5. The monoisotopic (exact) mass is 548 g/mol. The van der Waals surface area contributed by atoms with E-state index in [9.17, 15) is 9.59 Å². The van der Waals surface area contributed by atoms with Crippen molar-refractivity contribution in [1.29, 1.82) is 0 Å². The van der Waals surface area contributed by atoms with Gasteiger partial charge < -0.3 is 19.3 Å². The third kappa shape index (κ3) is 7.34. The van der Waals surface area contributed by atoms with Crippen molar-refractivity contribution >= 4 is 28.0 Å². The smallest absolute Gasteiger partial charge is 0.410 e. The molecule has 2 heterocycles. The number of methoxy groups -OCH3 is 1. The number of allylic oxidation sites excluding steroid dienone is 1. The number of carbonyl (C=O) groups excluding carboxylic acids is 2. The molecule has 1 spiro atoms. The summed E-state index contributed by atoms with van der Waals surface area (Å²) in [7, 11) is 1.54. The molecule has 1 aromatic carbocycles. The summed E-state index contributed by atoms with van der Waals surface area (Å²) in [5, 5.41) is 0. The molecule has 2 fully saturated rings. The van der Waals surface area contributed by atoms with E-state index in [1.807, 2.05) is 31.6 Å². The first-order valence-corrected chi connectivity index (χ1v) is 13.3.